The van der Waals surface area contributed by atoms with Crippen LogP contribution in [0.15, 0.2) is 30.3 Å². The average molecular weight is 327 g/mol. The maximum Gasteiger partial charge on any atom is 0.222 e. The van der Waals surface area contributed by atoms with Crippen molar-refractivity contribution in [1.29, 1.82) is 0 Å². The number of rotatable bonds is 8. The Hall–Kier alpha value is -2.21. The third kappa shape index (κ3) is 4.00. The van der Waals surface area contributed by atoms with E-state index in [2.05, 4.69) is 27.6 Å². The standard InChI is InChI=1S/C18H25N5O/c1-2-23-20-16(18(21-23)15-8-4-3-5-9-15)14-19-11-7-13-22-12-6-10-17(22)24/h3-5,8-9,19H,2,6-7,10-14H2,1H3. The highest BCUT2D eigenvalue weighted by atomic mass is 16.2. The van der Waals surface area contributed by atoms with E-state index in [4.69, 9.17) is 0 Å². The first-order valence-corrected chi connectivity index (χ1v) is 8.76. The number of amides is 1. The topological polar surface area (TPSA) is 63.1 Å². The minimum absolute atomic E-state index is 0.298. The van der Waals surface area contributed by atoms with Crippen molar-refractivity contribution in [3.05, 3.63) is 36.0 Å². The lowest BCUT2D eigenvalue weighted by Gasteiger charge is -2.15. The quantitative estimate of drug-likeness (QED) is 0.754. The summed E-state index contributed by atoms with van der Waals surface area (Å²) in [5.41, 5.74) is 3.01. The fourth-order valence-corrected chi connectivity index (χ4v) is 3.01. The summed E-state index contributed by atoms with van der Waals surface area (Å²) in [5, 5.41) is 12.6. The minimum Gasteiger partial charge on any atom is -0.343 e. The smallest absolute Gasteiger partial charge is 0.222 e. The van der Waals surface area contributed by atoms with E-state index < -0.39 is 0 Å². The Bertz CT molecular complexity index is 667. The molecule has 24 heavy (non-hydrogen) atoms. The van der Waals surface area contributed by atoms with Gasteiger partial charge in [-0.15, -0.1) is 0 Å². The molecule has 1 aliphatic heterocycles. The fourth-order valence-electron chi connectivity index (χ4n) is 3.01. The van der Waals surface area contributed by atoms with Crippen LogP contribution in [0.1, 0.15) is 31.9 Å². The molecule has 6 heteroatoms. The first-order valence-electron chi connectivity index (χ1n) is 8.76. The van der Waals surface area contributed by atoms with Gasteiger partial charge in [-0.05, 0) is 26.3 Å². The normalized spacial score (nSPS) is 14.5. The average Bonchev–Trinajstić information content (AvgIpc) is 3.21. The van der Waals surface area contributed by atoms with Gasteiger partial charge in [0.1, 0.15) is 11.4 Å². The SMILES string of the molecule is CCn1nc(CNCCCN2CCCC2=O)c(-c2ccccc2)n1. The number of nitrogens with one attached hydrogen (secondary N) is 1. The van der Waals surface area contributed by atoms with Gasteiger partial charge in [-0.2, -0.15) is 15.0 Å². The molecule has 0 aliphatic carbocycles. The van der Waals surface area contributed by atoms with Crippen LogP contribution >= 0.6 is 0 Å². The monoisotopic (exact) mass is 327 g/mol. The molecular formula is C18H25N5O. The number of hydrogen-bond donors (Lipinski definition) is 1. The molecule has 1 fully saturated rings. The van der Waals surface area contributed by atoms with Crippen molar-refractivity contribution in [1.82, 2.24) is 25.2 Å². The van der Waals surface area contributed by atoms with Gasteiger partial charge in [-0.25, -0.2) is 0 Å². The lowest BCUT2D eigenvalue weighted by atomic mass is 10.1. The number of benzene rings is 1. The molecule has 6 nitrogen and oxygen atoms in total. The van der Waals surface area contributed by atoms with E-state index in [0.29, 0.717) is 18.9 Å². The molecule has 1 N–H and O–H groups in total. The number of carbonyl (C=O) groups is 1. The van der Waals surface area contributed by atoms with Gasteiger partial charge in [0, 0.05) is 31.6 Å². The van der Waals surface area contributed by atoms with E-state index in [9.17, 15) is 4.79 Å². The van der Waals surface area contributed by atoms with Crippen LogP contribution in [0.4, 0.5) is 0 Å². The highest BCUT2D eigenvalue weighted by molar-refractivity contribution is 5.78. The summed E-state index contributed by atoms with van der Waals surface area (Å²) in [6.07, 6.45) is 2.69. The first-order chi connectivity index (χ1) is 11.8. The molecule has 0 atom stereocenters. The Labute approximate surface area is 142 Å². The van der Waals surface area contributed by atoms with E-state index in [1.807, 2.05) is 30.0 Å². The molecule has 1 amide bonds. The molecule has 0 spiro atoms. The largest absolute Gasteiger partial charge is 0.343 e. The van der Waals surface area contributed by atoms with Crippen LogP contribution in [0.2, 0.25) is 0 Å². The zero-order valence-corrected chi connectivity index (χ0v) is 14.2. The number of likely N-dealkylation sites (tertiary alicyclic amines) is 1. The summed E-state index contributed by atoms with van der Waals surface area (Å²) in [7, 11) is 0. The van der Waals surface area contributed by atoms with Crippen LogP contribution in [-0.4, -0.2) is 45.4 Å². The van der Waals surface area contributed by atoms with Crippen molar-refractivity contribution in [2.24, 2.45) is 0 Å². The van der Waals surface area contributed by atoms with Gasteiger partial charge in [0.05, 0.1) is 6.54 Å². The van der Waals surface area contributed by atoms with Crippen LogP contribution < -0.4 is 5.32 Å². The summed E-state index contributed by atoms with van der Waals surface area (Å²) >= 11 is 0. The zero-order chi connectivity index (χ0) is 16.8. The highest BCUT2D eigenvalue weighted by Gasteiger charge is 2.19. The third-order valence-corrected chi connectivity index (χ3v) is 4.30. The molecule has 1 aliphatic rings. The molecule has 1 aromatic carbocycles. The number of aromatic nitrogens is 3. The summed E-state index contributed by atoms with van der Waals surface area (Å²) < 4.78 is 0. The molecule has 1 saturated heterocycles. The zero-order valence-electron chi connectivity index (χ0n) is 14.2. The van der Waals surface area contributed by atoms with Gasteiger partial charge in [0.15, 0.2) is 0 Å². The van der Waals surface area contributed by atoms with E-state index in [-0.39, 0.29) is 0 Å². The number of carbonyl (C=O) groups excluding carboxylic acids is 1. The molecule has 3 rings (SSSR count). The predicted molar refractivity (Wildman–Crippen MR) is 93.3 cm³/mol. The molecule has 0 unspecified atom stereocenters. The van der Waals surface area contributed by atoms with E-state index >= 15 is 0 Å². The summed E-state index contributed by atoms with van der Waals surface area (Å²) in [4.78, 5) is 15.3. The van der Waals surface area contributed by atoms with Gasteiger partial charge >= 0.3 is 0 Å². The van der Waals surface area contributed by atoms with Crippen molar-refractivity contribution in [2.75, 3.05) is 19.6 Å². The Morgan fingerprint density at radius 2 is 2.04 bits per heavy atom. The molecule has 1 aromatic heterocycles. The predicted octanol–water partition coefficient (Wildman–Crippen LogP) is 2.07. The van der Waals surface area contributed by atoms with Crippen molar-refractivity contribution in [3.63, 3.8) is 0 Å². The van der Waals surface area contributed by atoms with Crippen molar-refractivity contribution in [3.8, 4) is 11.3 Å². The van der Waals surface area contributed by atoms with E-state index in [0.717, 1.165) is 56.0 Å². The fraction of sp³-hybridized carbons (Fsp3) is 0.500. The molecule has 2 heterocycles. The number of hydrogen-bond acceptors (Lipinski definition) is 4. The second kappa shape index (κ2) is 8.06. The van der Waals surface area contributed by atoms with Crippen LogP contribution in [0.3, 0.4) is 0 Å². The summed E-state index contributed by atoms with van der Waals surface area (Å²) in [5.74, 6) is 0.298. The molecule has 0 saturated carbocycles. The summed E-state index contributed by atoms with van der Waals surface area (Å²) in [6, 6.07) is 10.2. The van der Waals surface area contributed by atoms with Crippen molar-refractivity contribution in [2.45, 2.75) is 39.3 Å². The molecular weight excluding hydrogens is 302 g/mol. The Morgan fingerprint density at radius 3 is 2.75 bits per heavy atom. The first kappa shape index (κ1) is 16.6. The lowest BCUT2D eigenvalue weighted by Crippen LogP contribution is -2.28. The maximum absolute atomic E-state index is 11.6. The van der Waals surface area contributed by atoms with Crippen molar-refractivity contribution < 1.29 is 4.79 Å². The Kier molecular flexibility index (Phi) is 5.59. The number of aryl methyl sites for hydroxylation is 1. The maximum atomic E-state index is 11.6. The number of nitrogens with zero attached hydrogens (tertiary/aromatic N) is 4. The second-order valence-corrected chi connectivity index (χ2v) is 6.06. The van der Waals surface area contributed by atoms with Crippen LogP contribution in [0.5, 0.6) is 0 Å². The van der Waals surface area contributed by atoms with Crippen LogP contribution in [0, 0.1) is 0 Å². The highest BCUT2D eigenvalue weighted by Crippen LogP contribution is 2.19. The molecule has 0 radical (unpaired) electrons. The minimum atomic E-state index is 0.298. The Balaban J connectivity index is 1.53. The molecule has 128 valence electrons. The van der Waals surface area contributed by atoms with Crippen molar-refractivity contribution >= 4 is 5.91 Å². The van der Waals surface area contributed by atoms with E-state index in [1.54, 1.807) is 4.80 Å². The van der Waals surface area contributed by atoms with Crippen LogP contribution in [0.25, 0.3) is 11.3 Å². The molecule has 0 bridgehead atoms. The Morgan fingerprint density at radius 1 is 1.21 bits per heavy atom. The van der Waals surface area contributed by atoms with Gasteiger partial charge in [-0.1, -0.05) is 30.3 Å². The third-order valence-electron chi connectivity index (χ3n) is 4.30. The van der Waals surface area contributed by atoms with Crippen LogP contribution in [-0.2, 0) is 17.9 Å². The van der Waals surface area contributed by atoms with Gasteiger partial charge in [-0.3, -0.25) is 4.79 Å². The van der Waals surface area contributed by atoms with E-state index in [1.165, 1.54) is 0 Å². The summed E-state index contributed by atoms with van der Waals surface area (Å²) in [6.45, 7) is 6.13. The van der Waals surface area contributed by atoms with Gasteiger partial charge < -0.3 is 10.2 Å². The second-order valence-electron chi connectivity index (χ2n) is 6.06. The lowest BCUT2D eigenvalue weighted by molar-refractivity contribution is -0.127. The molecule has 2 aromatic rings. The van der Waals surface area contributed by atoms with Gasteiger partial charge in [0.25, 0.3) is 0 Å². The van der Waals surface area contributed by atoms with Gasteiger partial charge in [0.2, 0.25) is 5.91 Å².